The van der Waals surface area contributed by atoms with Crippen LogP contribution in [-0.4, -0.2) is 54.6 Å². The number of rotatable bonds is 6. The molecule has 1 heterocycles. The molecule has 0 saturated carbocycles. The van der Waals surface area contributed by atoms with E-state index in [1.54, 1.807) is 0 Å². The lowest BCUT2D eigenvalue weighted by Crippen LogP contribution is -2.51. The molecule has 0 radical (unpaired) electrons. The van der Waals surface area contributed by atoms with Gasteiger partial charge >= 0.3 is 0 Å². The van der Waals surface area contributed by atoms with Crippen molar-refractivity contribution in [1.29, 1.82) is 0 Å². The molecule has 22 heavy (non-hydrogen) atoms. The van der Waals surface area contributed by atoms with Crippen molar-refractivity contribution >= 4 is 17.5 Å². The summed E-state index contributed by atoms with van der Waals surface area (Å²) < 4.78 is 5.52. The van der Waals surface area contributed by atoms with Gasteiger partial charge in [-0.15, -0.1) is 0 Å². The smallest absolute Gasteiger partial charge is 0.251 e. The zero-order valence-electron chi connectivity index (χ0n) is 13.4. The van der Waals surface area contributed by atoms with Gasteiger partial charge < -0.3 is 9.64 Å². The molecule has 1 aliphatic heterocycles. The van der Waals surface area contributed by atoms with Gasteiger partial charge in [0.2, 0.25) is 0 Å². The van der Waals surface area contributed by atoms with Crippen molar-refractivity contribution in [3.05, 3.63) is 34.9 Å². The van der Waals surface area contributed by atoms with E-state index in [1.807, 2.05) is 30.9 Å². The molecule has 1 atom stereocenters. The molecule has 2 rings (SSSR count). The monoisotopic (exact) mass is 324 g/mol. The van der Waals surface area contributed by atoms with Gasteiger partial charge in [-0.1, -0.05) is 30.7 Å². The SMILES string of the molecule is CCCO[C@@H](C)C(=O)N1CCN(Cc2ccc(Cl)cc2)CC1. The number of hydrogen-bond donors (Lipinski definition) is 0. The van der Waals surface area contributed by atoms with Gasteiger partial charge in [-0.05, 0) is 31.0 Å². The number of halogens is 1. The van der Waals surface area contributed by atoms with Crippen LogP contribution in [0.2, 0.25) is 5.02 Å². The number of amides is 1. The van der Waals surface area contributed by atoms with E-state index >= 15 is 0 Å². The number of benzene rings is 1. The molecular weight excluding hydrogens is 300 g/mol. The molecule has 1 saturated heterocycles. The second-order valence-electron chi connectivity index (χ2n) is 5.74. The van der Waals surface area contributed by atoms with Gasteiger partial charge in [0.1, 0.15) is 6.10 Å². The summed E-state index contributed by atoms with van der Waals surface area (Å²) in [5.74, 6) is 0.111. The third-order valence-corrected chi connectivity index (χ3v) is 4.18. The third kappa shape index (κ3) is 4.97. The Morgan fingerprint density at radius 1 is 1.23 bits per heavy atom. The van der Waals surface area contributed by atoms with Gasteiger partial charge in [-0.2, -0.15) is 0 Å². The highest BCUT2D eigenvalue weighted by Gasteiger charge is 2.25. The van der Waals surface area contributed by atoms with Crippen molar-refractivity contribution in [1.82, 2.24) is 9.80 Å². The molecule has 0 N–H and O–H groups in total. The first-order valence-corrected chi connectivity index (χ1v) is 8.35. The molecule has 0 bridgehead atoms. The molecule has 0 aliphatic carbocycles. The summed E-state index contributed by atoms with van der Waals surface area (Å²) in [5, 5.41) is 0.764. The average molecular weight is 325 g/mol. The van der Waals surface area contributed by atoms with Crippen molar-refractivity contribution in [3.63, 3.8) is 0 Å². The van der Waals surface area contributed by atoms with Gasteiger partial charge in [0.25, 0.3) is 5.91 Å². The Morgan fingerprint density at radius 2 is 1.86 bits per heavy atom. The largest absolute Gasteiger partial charge is 0.369 e. The van der Waals surface area contributed by atoms with Crippen molar-refractivity contribution in [2.24, 2.45) is 0 Å². The lowest BCUT2D eigenvalue weighted by atomic mass is 10.2. The van der Waals surface area contributed by atoms with Gasteiger partial charge in [-0.25, -0.2) is 0 Å². The molecule has 1 aliphatic rings. The Morgan fingerprint density at radius 3 is 2.45 bits per heavy atom. The normalized spacial score (nSPS) is 17.5. The minimum absolute atomic E-state index is 0.111. The maximum absolute atomic E-state index is 12.3. The average Bonchev–Trinajstić information content (AvgIpc) is 2.55. The van der Waals surface area contributed by atoms with Crippen molar-refractivity contribution in [2.45, 2.75) is 32.9 Å². The molecule has 0 unspecified atom stereocenters. The van der Waals surface area contributed by atoms with Crippen LogP contribution in [-0.2, 0) is 16.1 Å². The van der Waals surface area contributed by atoms with Crippen molar-refractivity contribution in [2.75, 3.05) is 32.8 Å². The first-order valence-electron chi connectivity index (χ1n) is 7.97. The summed E-state index contributed by atoms with van der Waals surface area (Å²) in [7, 11) is 0. The number of ether oxygens (including phenoxy) is 1. The Labute approximate surface area is 138 Å². The van der Waals surface area contributed by atoms with E-state index in [9.17, 15) is 4.79 Å². The second kappa shape index (κ2) is 8.51. The molecule has 1 fully saturated rings. The molecule has 122 valence electrons. The molecule has 5 heteroatoms. The molecule has 1 aromatic carbocycles. The van der Waals surface area contributed by atoms with Crippen LogP contribution in [0.25, 0.3) is 0 Å². The zero-order valence-corrected chi connectivity index (χ0v) is 14.2. The fraction of sp³-hybridized carbons (Fsp3) is 0.588. The quantitative estimate of drug-likeness (QED) is 0.806. The number of carbonyl (C=O) groups is 1. The highest BCUT2D eigenvalue weighted by molar-refractivity contribution is 6.30. The van der Waals surface area contributed by atoms with Crippen LogP contribution >= 0.6 is 11.6 Å². The fourth-order valence-electron chi connectivity index (χ4n) is 2.60. The highest BCUT2D eigenvalue weighted by atomic mass is 35.5. The fourth-order valence-corrected chi connectivity index (χ4v) is 2.72. The molecule has 1 aromatic rings. The molecule has 4 nitrogen and oxygen atoms in total. The Kier molecular flexibility index (Phi) is 6.68. The van der Waals surface area contributed by atoms with Gasteiger partial charge in [0.05, 0.1) is 0 Å². The van der Waals surface area contributed by atoms with Gasteiger partial charge in [0, 0.05) is 44.4 Å². The maximum Gasteiger partial charge on any atom is 0.251 e. The van der Waals surface area contributed by atoms with Crippen LogP contribution in [0.1, 0.15) is 25.8 Å². The van der Waals surface area contributed by atoms with E-state index in [0.717, 1.165) is 44.2 Å². The van der Waals surface area contributed by atoms with Crippen LogP contribution < -0.4 is 0 Å². The van der Waals surface area contributed by atoms with E-state index in [0.29, 0.717) is 6.61 Å². The molecular formula is C17H25ClN2O2. The summed E-state index contributed by atoms with van der Waals surface area (Å²) >= 11 is 5.90. The van der Waals surface area contributed by atoms with E-state index < -0.39 is 0 Å². The van der Waals surface area contributed by atoms with Crippen LogP contribution in [0.3, 0.4) is 0 Å². The predicted molar refractivity (Wildman–Crippen MR) is 89.0 cm³/mol. The highest BCUT2D eigenvalue weighted by Crippen LogP contribution is 2.13. The number of carbonyl (C=O) groups excluding carboxylic acids is 1. The molecule has 1 amide bonds. The maximum atomic E-state index is 12.3. The van der Waals surface area contributed by atoms with Gasteiger partial charge in [-0.3, -0.25) is 9.69 Å². The molecule has 0 aromatic heterocycles. The Hall–Kier alpha value is -1.10. The van der Waals surface area contributed by atoms with E-state index in [1.165, 1.54) is 5.56 Å². The third-order valence-electron chi connectivity index (χ3n) is 3.92. The van der Waals surface area contributed by atoms with Crippen LogP contribution in [0.5, 0.6) is 0 Å². The Bertz CT molecular complexity index is 470. The first-order chi connectivity index (χ1) is 10.6. The summed E-state index contributed by atoms with van der Waals surface area (Å²) in [4.78, 5) is 16.6. The summed E-state index contributed by atoms with van der Waals surface area (Å²) in [6.45, 7) is 8.78. The summed E-state index contributed by atoms with van der Waals surface area (Å²) in [6, 6.07) is 7.95. The van der Waals surface area contributed by atoms with E-state index in [2.05, 4.69) is 17.0 Å². The van der Waals surface area contributed by atoms with Crippen molar-refractivity contribution in [3.8, 4) is 0 Å². The van der Waals surface area contributed by atoms with Crippen molar-refractivity contribution < 1.29 is 9.53 Å². The Balaban J connectivity index is 1.77. The first kappa shape index (κ1) is 17.3. The predicted octanol–water partition coefficient (Wildman–Crippen LogP) is 2.80. The summed E-state index contributed by atoms with van der Waals surface area (Å²) in [5.41, 5.74) is 1.25. The zero-order chi connectivity index (χ0) is 15.9. The van der Waals surface area contributed by atoms with E-state index in [-0.39, 0.29) is 12.0 Å². The topological polar surface area (TPSA) is 32.8 Å². The second-order valence-corrected chi connectivity index (χ2v) is 6.18. The lowest BCUT2D eigenvalue weighted by Gasteiger charge is -2.35. The number of nitrogens with zero attached hydrogens (tertiary/aromatic N) is 2. The lowest BCUT2D eigenvalue weighted by molar-refractivity contribution is -0.144. The van der Waals surface area contributed by atoms with Crippen LogP contribution in [0, 0.1) is 0 Å². The van der Waals surface area contributed by atoms with Crippen LogP contribution in [0.15, 0.2) is 24.3 Å². The summed E-state index contributed by atoms with van der Waals surface area (Å²) in [6.07, 6.45) is 0.606. The van der Waals surface area contributed by atoms with Crippen LogP contribution in [0.4, 0.5) is 0 Å². The van der Waals surface area contributed by atoms with E-state index in [4.69, 9.17) is 16.3 Å². The minimum atomic E-state index is -0.331. The standard InChI is InChI=1S/C17H25ClN2O2/c1-3-12-22-14(2)17(21)20-10-8-19(9-11-20)13-15-4-6-16(18)7-5-15/h4-7,14H,3,8-13H2,1-2H3/t14-/m0/s1. The minimum Gasteiger partial charge on any atom is -0.369 e. The molecule has 0 spiro atoms. The number of hydrogen-bond acceptors (Lipinski definition) is 3. The van der Waals surface area contributed by atoms with Gasteiger partial charge in [0.15, 0.2) is 0 Å². The number of piperazine rings is 1.